The van der Waals surface area contributed by atoms with E-state index >= 15 is 0 Å². The Labute approximate surface area is 116 Å². The molecule has 0 unspecified atom stereocenters. The van der Waals surface area contributed by atoms with Crippen LogP contribution in [0.2, 0.25) is 0 Å². The van der Waals surface area contributed by atoms with Gasteiger partial charge in [-0.3, -0.25) is 4.79 Å². The summed E-state index contributed by atoms with van der Waals surface area (Å²) in [5.74, 6) is -0.930. The summed E-state index contributed by atoms with van der Waals surface area (Å²) >= 11 is 0. The van der Waals surface area contributed by atoms with Gasteiger partial charge in [-0.15, -0.1) is 0 Å². The van der Waals surface area contributed by atoms with E-state index in [1.807, 2.05) is 0 Å². The Bertz CT molecular complexity index is 600. The zero-order valence-electron chi connectivity index (χ0n) is 12.0. The van der Waals surface area contributed by atoms with E-state index in [-0.39, 0.29) is 11.3 Å². The maximum absolute atomic E-state index is 13.4. The average molecular weight is 280 g/mol. The van der Waals surface area contributed by atoms with Crippen LogP contribution in [0.25, 0.3) is 5.57 Å². The van der Waals surface area contributed by atoms with Crippen LogP contribution >= 0.6 is 0 Å². The minimum absolute atomic E-state index is 0.0473. The molecule has 0 aliphatic carbocycles. The lowest BCUT2D eigenvalue weighted by Crippen LogP contribution is -2.27. The highest BCUT2D eigenvalue weighted by Crippen LogP contribution is 2.14. The molecular weight excluding hydrogens is 263 g/mol. The number of rotatable bonds is 2. The lowest BCUT2D eigenvalue weighted by Gasteiger charge is -2.18. The monoisotopic (exact) mass is 280 g/mol. The summed E-state index contributed by atoms with van der Waals surface area (Å²) in [7, 11) is 0. The van der Waals surface area contributed by atoms with Gasteiger partial charge in [-0.2, -0.15) is 0 Å². The molecule has 0 bridgehead atoms. The van der Waals surface area contributed by atoms with Crippen molar-refractivity contribution in [3.8, 4) is 5.75 Å². The summed E-state index contributed by atoms with van der Waals surface area (Å²) in [5.41, 5.74) is -0.947. The lowest BCUT2D eigenvalue weighted by atomic mass is 10.1. The standard InChI is InChI=1S/C15H17FO4/c1-9(2)11-8-10(16)6-7-12(13(11)17)19-14(18)20-15(3,4)5/h6-8H,1H2,2-5H3. The molecule has 5 heteroatoms. The van der Waals surface area contributed by atoms with Crippen molar-refractivity contribution in [3.63, 3.8) is 0 Å². The van der Waals surface area contributed by atoms with Crippen molar-refractivity contribution in [3.05, 3.63) is 46.4 Å². The molecule has 1 aromatic rings. The van der Waals surface area contributed by atoms with E-state index in [9.17, 15) is 14.0 Å². The van der Waals surface area contributed by atoms with E-state index in [2.05, 4.69) is 6.58 Å². The van der Waals surface area contributed by atoms with E-state index in [4.69, 9.17) is 9.47 Å². The van der Waals surface area contributed by atoms with Gasteiger partial charge in [-0.1, -0.05) is 6.58 Å². The van der Waals surface area contributed by atoms with Gasteiger partial charge in [0.1, 0.15) is 11.4 Å². The van der Waals surface area contributed by atoms with E-state index in [0.717, 1.165) is 18.2 Å². The van der Waals surface area contributed by atoms with Crippen LogP contribution in [-0.4, -0.2) is 11.8 Å². The fourth-order valence-electron chi connectivity index (χ4n) is 1.37. The smallest absolute Gasteiger partial charge is 0.428 e. The van der Waals surface area contributed by atoms with Crippen LogP contribution in [0, 0.1) is 5.82 Å². The molecule has 0 fully saturated rings. The van der Waals surface area contributed by atoms with E-state index in [0.29, 0.717) is 5.57 Å². The first-order valence-corrected chi connectivity index (χ1v) is 6.01. The summed E-state index contributed by atoms with van der Waals surface area (Å²) in [5, 5.41) is 0. The quantitative estimate of drug-likeness (QED) is 0.778. The van der Waals surface area contributed by atoms with Gasteiger partial charge < -0.3 is 9.47 Å². The zero-order valence-corrected chi connectivity index (χ0v) is 12.0. The summed E-state index contributed by atoms with van der Waals surface area (Å²) in [6.07, 6.45) is -1.02. The number of allylic oxidation sites excluding steroid dienone is 1. The third kappa shape index (κ3) is 4.50. The number of hydrogen-bond acceptors (Lipinski definition) is 4. The van der Waals surface area contributed by atoms with Crippen molar-refractivity contribution < 1.29 is 18.7 Å². The predicted octanol–water partition coefficient (Wildman–Crippen LogP) is 3.53. The van der Waals surface area contributed by atoms with Gasteiger partial charge in [-0.25, -0.2) is 9.18 Å². The Morgan fingerprint density at radius 3 is 2.40 bits per heavy atom. The SMILES string of the molecule is C=C(C)c1cc(F)ccc(OC(=O)OC(C)(C)C)c1=O. The van der Waals surface area contributed by atoms with E-state index < -0.39 is 23.0 Å². The average Bonchev–Trinajstić information content (AvgIpc) is 2.39. The molecule has 108 valence electrons. The molecule has 1 aromatic carbocycles. The summed E-state index contributed by atoms with van der Waals surface area (Å²) in [6.45, 7) is 10.1. The Hall–Kier alpha value is -2.17. The molecule has 0 N–H and O–H groups in total. The van der Waals surface area contributed by atoms with Crippen molar-refractivity contribution in [2.45, 2.75) is 33.3 Å². The number of carbonyl (C=O) groups is 1. The molecule has 20 heavy (non-hydrogen) atoms. The molecule has 0 saturated heterocycles. The molecule has 0 aromatic heterocycles. The fourth-order valence-corrected chi connectivity index (χ4v) is 1.37. The molecular formula is C15H17FO4. The molecule has 0 heterocycles. The van der Waals surface area contributed by atoms with Crippen molar-refractivity contribution >= 4 is 11.7 Å². The molecule has 0 aliphatic rings. The molecule has 0 amide bonds. The van der Waals surface area contributed by atoms with Gasteiger partial charge >= 0.3 is 6.16 Å². The molecule has 0 radical (unpaired) electrons. The van der Waals surface area contributed by atoms with Gasteiger partial charge in [0.25, 0.3) is 0 Å². The van der Waals surface area contributed by atoms with Gasteiger partial charge in [0.15, 0.2) is 5.75 Å². The van der Waals surface area contributed by atoms with Crippen LogP contribution in [0.4, 0.5) is 9.18 Å². The van der Waals surface area contributed by atoms with Gasteiger partial charge in [0.05, 0.1) is 0 Å². The fraction of sp³-hybridized carbons (Fsp3) is 0.333. The van der Waals surface area contributed by atoms with Crippen LogP contribution in [0.3, 0.4) is 0 Å². The maximum Gasteiger partial charge on any atom is 0.514 e. The molecule has 4 nitrogen and oxygen atoms in total. The lowest BCUT2D eigenvalue weighted by molar-refractivity contribution is 0.0204. The van der Waals surface area contributed by atoms with Crippen LogP contribution in [0.5, 0.6) is 5.75 Å². The topological polar surface area (TPSA) is 52.6 Å². The molecule has 0 aliphatic heterocycles. The van der Waals surface area contributed by atoms with Crippen LogP contribution in [0.1, 0.15) is 33.3 Å². The van der Waals surface area contributed by atoms with Crippen molar-refractivity contribution in [1.29, 1.82) is 0 Å². The van der Waals surface area contributed by atoms with Crippen LogP contribution in [0.15, 0.2) is 29.6 Å². The normalized spacial score (nSPS) is 10.8. The largest absolute Gasteiger partial charge is 0.514 e. The van der Waals surface area contributed by atoms with E-state index in [1.54, 1.807) is 27.7 Å². The first kappa shape index (κ1) is 15.9. The second kappa shape index (κ2) is 5.86. The third-order valence-electron chi connectivity index (χ3n) is 2.19. The molecule has 0 atom stereocenters. The first-order chi connectivity index (χ1) is 9.10. The number of ether oxygens (including phenoxy) is 2. The van der Waals surface area contributed by atoms with Crippen LogP contribution < -0.4 is 10.2 Å². The summed E-state index contributed by atoms with van der Waals surface area (Å²) < 4.78 is 23.2. The van der Waals surface area contributed by atoms with Gasteiger partial charge in [-0.05, 0) is 51.5 Å². The summed E-state index contributed by atoms with van der Waals surface area (Å²) in [6, 6.07) is 3.17. The van der Waals surface area contributed by atoms with Gasteiger partial charge in [0, 0.05) is 5.56 Å². The third-order valence-corrected chi connectivity index (χ3v) is 2.19. The second-order valence-electron chi connectivity index (χ2n) is 5.32. The first-order valence-electron chi connectivity index (χ1n) is 6.01. The molecule has 1 rings (SSSR count). The Kier molecular flexibility index (Phi) is 4.65. The van der Waals surface area contributed by atoms with Crippen molar-refractivity contribution in [1.82, 2.24) is 0 Å². The highest BCUT2D eigenvalue weighted by Gasteiger charge is 2.19. The highest BCUT2D eigenvalue weighted by atomic mass is 19.1. The van der Waals surface area contributed by atoms with Crippen LogP contribution in [-0.2, 0) is 4.74 Å². The van der Waals surface area contributed by atoms with E-state index in [1.165, 1.54) is 0 Å². The zero-order chi connectivity index (χ0) is 15.5. The minimum Gasteiger partial charge on any atom is -0.428 e. The number of hydrogen-bond donors (Lipinski definition) is 0. The second-order valence-corrected chi connectivity index (χ2v) is 5.32. The Morgan fingerprint density at radius 2 is 1.90 bits per heavy atom. The maximum atomic E-state index is 13.4. The van der Waals surface area contributed by atoms with Gasteiger partial charge in [0.2, 0.25) is 5.43 Å². The summed E-state index contributed by atoms with van der Waals surface area (Å²) in [4.78, 5) is 23.7. The predicted molar refractivity (Wildman–Crippen MR) is 74.2 cm³/mol. The Morgan fingerprint density at radius 1 is 1.30 bits per heavy atom. The Balaban J connectivity index is 3.18. The molecule has 0 spiro atoms. The highest BCUT2D eigenvalue weighted by molar-refractivity contribution is 5.66. The van der Waals surface area contributed by atoms with Crippen molar-refractivity contribution in [2.75, 3.05) is 0 Å². The molecule has 0 saturated carbocycles. The minimum atomic E-state index is -1.02. The number of halogens is 1. The van der Waals surface area contributed by atoms with Crippen molar-refractivity contribution in [2.24, 2.45) is 0 Å². The number of carbonyl (C=O) groups excluding carboxylic acids is 1.